The molecule has 0 saturated carbocycles. The van der Waals surface area contributed by atoms with E-state index in [-0.39, 0.29) is 5.82 Å². The SMILES string of the molecule is COc1csc2c(F)c(CBr)ccc12. The van der Waals surface area contributed by atoms with Crippen molar-refractivity contribution in [2.45, 2.75) is 5.33 Å². The van der Waals surface area contributed by atoms with Crippen LogP contribution in [-0.4, -0.2) is 7.11 Å². The van der Waals surface area contributed by atoms with Gasteiger partial charge in [0.15, 0.2) is 0 Å². The van der Waals surface area contributed by atoms with Crippen LogP contribution < -0.4 is 4.74 Å². The molecular formula is C10H8BrFOS. The highest BCUT2D eigenvalue weighted by molar-refractivity contribution is 9.08. The summed E-state index contributed by atoms with van der Waals surface area (Å²) < 4.78 is 19.5. The molecule has 0 saturated heterocycles. The Morgan fingerprint density at radius 1 is 1.50 bits per heavy atom. The molecule has 1 aromatic heterocycles. The van der Waals surface area contributed by atoms with Crippen LogP contribution in [0.25, 0.3) is 10.1 Å². The fourth-order valence-corrected chi connectivity index (χ4v) is 2.75. The Morgan fingerprint density at radius 3 is 2.93 bits per heavy atom. The number of fused-ring (bicyclic) bond motifs is 1. The zero-order chi connectivity index (χ0) is 10.1. The van der Waals surface area contributed by atoms with E-state index in [2.05, 4.69) is 15.9 Å². The van der Waals surface area contributed by atoms with Crippen LogP contribution in [0.5, 0.6) is 5.75 Å². The predicted molar refractivity (Wildman–Crippen MR) is 61.0 cm³/mol. The third-order valence-corrected chi connectivity index (χ3v) is 3.66. The zero-order valence-electron chi connectivity index (χ0n) is 7.51. The second-order valence-corrected chi connectivity index (χ2v) is 4.29. The van der Waals surface area contributed by atoms with E-state index in [0.29, 0.717) is 15.6 Å². The molecule has 2 aromatic rings. The number of benzene rings is 1. The highest BCUT2D eigenvalue weighted by atomic mass is 79.9. The maximum absolute atomic E-state index is 13.7. The summed E-state index contributed by atoms with van der Waals surface area (Å²) in [7, 11) is 1.60. The first-order valence-electron chi connectivity index (χ1n) is 4.06. The summed E-state index contributed by atoms with van der Waals surface area (Å²) in [6.45, 7) is 0. The molecule has 2 rings (SSSR count). The maximum atomic E-state index is 13.7. The fraction of sp³-hybridized carbons (Fsp3) is 0.200. The third-order valence-electron chi connectivity index (χ3n) is 2.09. The molecule has 0 bridgehead atoms. The van der Waals surface area contributed by atoms with Crippen molar-refractivity contribution in [1.29, 1.82) is 0 Å². The van der Waals surface area contributed by atoms with Crippen LogP contribution in [0.3, 0.4) is 0 Å². The van der Waals surface area contributed by atoms with Crippen LogP contribution in [0.15, 0.2) is 17.5 Å². The molecule has 0 aliphatic heterocycles. The van der Waals surface area contributed by atoms with Crippen molar-refractivity contribution in [3.63, 3.8) is 0 Å². The van der Waals surface area contributed by atoms with Gasteiger partial charge in [-0.2, -0.15) is 0 Å². The first kappa shape index (κ1) is 9.93. The van der Waals surface area contributed by atoms with Gasteiger partial charge in [0.05, 0.1) is 11.8 Å². The topological polar surface area (TPSA) is 9.23 Å². The van der Waals surface area contributed by atoms with Gasteiger partial charge in [-0.15, -0.1) is 11.3 Å². The van der Waals surface area contributed by atoms with Crippen molar-refractivity contribution in [3.8, 4) is 5.75 Å². The molecule has 1 nitrogen and oxygen atoms in total. The van der Waals surface area contributed by atoms with Gasteiger partial charge in [-0.1, -0.05) is 22.0 Å². The minimum atomic E-state index is -0.146. The van der Waals surface area contributed by atoms with Crippen molar-refractivity contribution < 1.29 is 9.13 Å². The molecule has 0 amide bonds. The Morgan fingerprint density at radius 2 is 2.29 bits per heavy atom. The van der Waals surface area contributed by atoms with Crippen molar-refractivity contribution >= 4 is 37.4 Å². The molecule has 0 N–H and O–H groups in total. The van der Waals surface area contributed by atoms with E-state index < -0.39 is 0 Å². The van der Waals surface area contributed by atoms with Crippen LogP contribution in [-0.2, 0) is 5.33 Å². The van der Waals surface area contributed by atoms with Gasteiger partial charge in [-0.3, -0.25) is 0 Å². The van der Waals surface area contributed by atoms with E-state index in [1.165, 1.54) is 11.3 Å². The van der Waals surface area contributed by atoms with Gasteiger partial charge in [0, 0.05) is 16.1 Å². The number of hydrogen-bond donors (Lipinski definition) is 0. The van der Waals surface area contributed by atoms with E-state index in [1.807, 2.05) is 11.4 Å². The number of halogens is 2. The van der Waals surface area contributed by atoms with Gasteiger partial charge in [-0.05, 0) is 11.6 Å². The van der Waals surface area contributed by atoms with Crippen LogP contribution in [0.4, 0.5) is 4.39 Å². The summed E-state index contributed by atoms with van der Waals surface area (Å²) in [5.41, 5.74) is 0.682. The summed E-state index contributed by atoms with van der Waals surface area (Å²) >= 11 is 4.63. The quantitative estimate of drug-likeness (QED) is 0.754. The minimum Gasteiger partial charge on any atom is -0.495 e. The van der Waals surface area contributed by atoms with E-state index >= 15 is 0 Å². The van der Waals surface area contributed by atoms with Crippen molar-refractivity contribution in [2.24, 2.45) is 0 Å². The smallest absolute Gasteiger partial charge is 0.145 e. The second kappa shape index (κ2) is 3.87. The lowest BCUT2D eigenvalue weighted by Crippen LogP contribution is -1.86. The Labute approximate surface area is 93.6 Å². The molecule has 1 heterocycles. The summed E-state index contributed by atoms with van der Waals surface area (Å²) in [5, 5.41) is 3.21. The number of ether oxygens (including phenoxy) is 1. The molecular weight excluding hydrogens is 267 g/mol. The Balaban J connectivity index is 2.72. The van der Waals surface area contributed by atoms with E-state index in [0.717, 1.165) is 11.1 Å². The highest BCUT2D eigenvalue weighted by Gasteiger charge is 2.11. The van der Waals surface area contributed by atoms with Gasteiger partial charge in [0.1, 0.15) is 11.6 Å². The van der Waals surface area contributed by atoms with Gasteiger partial charge in [0.25, 0.3) is 0 Å². The molecule has 0 aliphatic rings. The summed E-state index contributed by atoms with van der Waals surface area (Å²) in [6, 6.07) is 3.67. The van der Waals surface area contributed by atoms with Gasteiger partial charge < -0.3 is 4.74 Å². The standard InChI is InChI=1S/C10H8BrFOS/c1-13-8-5-14-10-7(8)3-2-6(4-11)9(10)12/h2-3,5H,4H2,1H3. The van der Waals surface area contributed by atoms with Crippen LogP contribution in [0.2, 0.25) is 0 Å². The number of methoxy groups -OCH3 is 1. The lowest BCUT2D eigenvalue weighted by atomic mass is 10.2. The Bertz CT molecular complexity index is 466. The van der Waals surface area contributed by atoms with Crippen molar-refractivity contribution in [1.82, 2.24) is 0 Å². The van der Waals surface area contributed by atoms with E-state index in [1.54, 1.807) is 13.2 Å². The molecule has 14 heavy (non-hydrogen) atoms. The summed E-state index contributed by atoms with van der Waals surface area (Å²) in [5.74, 6) is 0.595. The first-order valence-corrected chi connectivity index (χ1v) is 6.06. The number of alkyl halides is 1. The number of thiophene rings is 1. The van der Waals surface area contributed by atoms with Crippen molar-refractivity contribution in [2.75, 3.05) is 7.11 Å². The first-order chi connectivity index (χ1) is 6.77. The highest BCUT2D eigenvalue weighted by Crippen LogP contribution is 2.35. The van der Waals surface area contributed by atoms with Crippen LogP contribution in [0.1, 0.15) is 5.56 Å². The number of rotatable bonds is 2. The van der Waals surface area contributed by atoms with Crippen molar-refractivity contribution in [3.05, 3.63) is 28.9 Å². The summed E-state index contributed by atoms with van der Waals surface area (Å²) in [4.78, 5) is 0. The molecule has 1 aromatic carbocycles. The Hall–Kier alpha value is -0.610. The second-order valence-electron chi connectivity index (χ2n) is 2.85. The van der Waals surface area contributed by atoms with Gasteiger partial charge in [-0.25, -0.2) is 4.39 Å². The van der Waals surface area contributed by atoms with Gasteiger partial charge >= 0.3 is 0 Å². The third kappa shape index (κ3) is 1.42. The molecule has 4 heteroatoms. The van der Waals surface area contributed by atoms with Crippen LogP contribution in [0, 0.1) is 5.82 Å². The fourth-order valence-electron chi connectivity index (χ4n) is 1.34. The average Bonchev–Trinajstić information content (AvgIpc) is 2.62. The van der Waals surface area contributed by atoms with E-state index in [9.17, 15) is 4.39 Å². The monoisotopic (exact) mass is 274 g/mol. The maximum Gasteiger partial charge on any atom is 0.145 e. The number of hydrogen-bond acceptors (Lipinski definition) is 2. The normalized spacial score (nSPS) is 10.8. The van der Waals surface area contributed by atoms with Crippen LogP contribution >= 0.6 is 27.3 Å². The lowest BCUT2D eigenvalue weighted by Gasteiger charge is -2.00. The molecule has 74 valence electrons. The Kier molecular flexibility index (Phi) is 2.74. The zero-order valence-corrected chi connectivity index (χ0v) is 9.91. The minimum absolute atomic E-state index is 0.146. The van der Waals surface area contributed by atoms with Gasteiger partial charge in [0.2, 0.25) is 0 Å². The summed E-state index contributed by atoms with van der Waals surface area (Å²) in [6.07, 6.45) is 0. The predicted octanol–water partition coefficient (Wildman–Crippen LogP) is 3.94. The molecule has 0 radical (unpaired) electrons. The molecule has 0 aliphatic carbocycles. The molecule has 0 atom stereocenters. The van der Waals surface area contributed by atoms with E-state index in [4.69, 9.17) is 4.74 Å². The average molecular weight is 275 g/mol. The lowest BCUT2D eigenvalue weighted by molar-refractivity contribution is 0.421. The molecule has 0 fully saturated rings. The molecule has 0 unspecified atom stereocenters. The largest absolute Gasteiger partial charge is 0.495 e. The molecule has 0 spiro atoms.